The third-order valence-electron chi connectivity index (χ3n) is 8.55. The van der Waals surface area contributed by atoms with Gasteiger partial charge < -0.3 is 29.3 Å². The number of carbonyl (C=O) groups is 3. The molecule has 0 aromatic heterocycles. The van der Waals surface area contributed by atoms with E-state index in [4.69, 9.17) is 14.2 Å². The number of halogens is 1. The number of fused-ring (bicyclic) bond motifs is 1. The quantitative estimate of drug-likeness (QED) is 0.435. The molecule has 3 amide bonds. The number of rotatable bonds is 7. The van der Waals surface area contributed by atoms with Crippen LogP contribution < -0.4 is 14.8 Å². The Morgan fingerprint density at radius 1 is 1.05 bits per heavy atom. The summed E-state index contributed by atoms with van der Waals surface area (Å²) in [7, 11) is 1.61. The number of anilines is 1. The molecule has 2 aromatic rings. The van der Waals surface area contributed by atoms with Crippen LogP contribution in [0.1, 0.15) is 73.5 Å². The van der Waals surface area contributed by atoms with E-state index in [0.29, 0.717) is 36.4 Å². The van der Waals surface area contributed by atoms with Crippen molar-refractivity contribution in [2.75, 3.05) is 32.1 Å². The maximum Gasteiger partial charge on any atom is 0.410 e. The fourth-order valence-electron chi connectivity index (χ4n) is 6.15. The van der Waals surface area contributed by atoms with E-state index in [-0.39, 0.29) is 43.5 Å². The topological polar surface area (TPSA) is 97.4 Å². The molecule has 1 N–H and O–H groups in total. The summed E-state index contributed by atoms with van der Waals surface area (Å²) < 4.78 is 31.6. The highest BCUT2D eigenvalue weighted by atomic mass is 19.1. The van der Waals surface area contributed by atoms with E-state index in [1.807, 2.05) is 43.0 Å². The molecular weight excluding hydrogens is 553 g/mol. The second-order valence-electron chi connectivity index (χ2n) is 13.2. The molecule has 0 unspecified atom stereocenters. The van der Waals surface area contributed by atoms with Gasteiger partial charge >= 0.3 is 6.09 Å². The monoisotopic (exact) mass is 595 g/mol. The van der Waals surface area contributed by atoms with Crippen molar-refractivity contribution in [1.29, 1.82) is 0 Å². The molecule has 2 aliphatic heterocycles. The highest BCUT2D eigenvalue weighted by molar-refractivity contribution is 5.99. The van der Waals surface area contributed by atoms with Crippen molar-refractivity contribution in [3.8, 4) is 11.5 Å². The molecule has 5 rings (SSSR count). The van der Waals surface area contributed by atoms with Crippen LogP contribution in [0.2, 0.25) is 0 Å². The van der Waals surface area contributed by atoms with Gasteiger partial charge in [0.25, 0.3) is 5.91 Å². The summed E-state index contributed by atoms with van der Waals surface area (Å²) in [6, 6.07) is 9.22. The predicted octanol–water partition coefficient (Wildman–Crippen LogP) is 5.80. The number of hydrogen-bond acceptors (Lipinski definition) is 6. The van der Waals surface area contributed by atoms with Crippen LogP contribution in [0, 0.1) is 19.8 Å². The number of amides is 3. The van der Waals surface area contributed by atoms with Crippen LogP contribution in [0.4, 0.5) is 14.9 Å². The van der Waals surface area contributed by atoms with Gasteiger partial charge in [-0.25, -0.2) is 9.18 Å². The molecule has 1 saturated carbocycles. The van der Waals surface area contributed by atoms with E-state index in [9.17, 15) is 14.4 Å². The molecule has 2 aromatic carbocycles. The Morgan fingerprint density at radius 2 is 1.74 bits per heavy atom. The van der Waals surface area contributed by atoms with Gasteiger partial charge in [-0.2, -0.15) is 0 Å². The normalized spacial score (nSPS) is 21.1. The zero-order chi connectivity index (χ0) is 31.1. The van der Waals surface area contributed by atoms with Crippen LogP contribution in [0.3, 0.4) is 0 Å². The number of ether oxygens (including phenoxy) is 3. The van der Waals surface area contributed by atoms with Gasteiger partial charge in [0.05, 0.1) is 20.2 Å². The molecule has 0 spiro atoms. The molecule has 2 heterocycles. The van der Waals surface area contributed by atoms with Gasteiger partial charge in [-0.1, -0.05) is 6.07 Å². The lowest BCUT2D eigenvalue weighted by atomic mass is 9.84. The predicted molar refractivity (Wildman–Crippen MR) is 160 cm³/mol. The summed E-state index contributed by atoms with van der Waals surface area (Å²) in [5.74, 6) is 0.986. The third-order valence-corrected chi connectivity index (χ3v) is 8.55. The second-order valence-corrected chi connectivity index (χ2v) is 13.2. The number of alkyl halides is 1. The Kier molecular flexibility index (Phi) is 8.33. The van der Waals surface area contributed by atoms with Gasteiger partial charge in [0, 0.05) is 35.8 Å². The number of nitrogens with one attached hydrogen (secondary N) is 1. The van der Waals surface area contributed by atoms with Crippen molar-refractivity contribution in [2.24, 2.45) is 5.92 Å². The van der Waals surface area contributed by atoms with Crippen molar-refractivity contribution >= 4 is 23.6 Å². The molecule has 43 heavy (non-hydrogen) atoms. The smallest absolute Gasteiger partial charge is 0.410 e. The highest BCUT2D eigenvalue weighted by Gasteiger charge is 2.48. The molecule has 10 heteroatoms. The second kappa shape index (κ2) is 11.7. The maximum absolute atomic E-state index is 15.2. The van der Waals surface area contributed by atoms with E-state index in [0.717, 1.165) is 35.3 Å². The van der Waals surface area contributed by atoms with E-state index in [2.05, 4.69) is 5.32 Å². The van der Waals surface area contributed by atoms with Crippen molar-refractivity contribution < 1.29 is 33.0 Å². The van der Waals surface area contributed by atoms with Gasteiger partial charge in [-0.05, 0) is 95.2 Å². The Balaban J connectivity index is 1.13. The number of likely N-dealkylation sites (tertiary alicyclic amines) is 1. The number of benzene rings is 2. The Morgan fingerprint density at radius 3 is 2.40 bits per heavy atom. The minimum absolute atomic E-state index is 0.00987. The lowest BCUT2D eigenvalue weighted by Gasteiger charge is -2.43. The number of carbonyl (C=O) groups excluding carboxylic acids is 3. The Bertz CT molecular complexity index is 1410. The van der Waals surface area contributed by atoms with Crippen LogP contribution >= 0.6 is 0 Å². The summed E-state index contributed by atoms with van der Waals surface area (Å²) in [4.78, 5) is 41.8. The SMILES string of the molecule is COc1cc(NC(=O)C2CCC(N3Cc4c(C)cc(OCC5(F)CN(C(=O)OC(C)(C)C)C5)cc4C3=O)CC2)ccc1C. The highest BCUT2D eigenvalue weighted by Crippen LogP contribution is 2.37. The molecule has 1 aliphatic carbocycles. The molecule has 3 aliphatic rings. The van der Waals surface area contributed by atoms with Crippen molar-refractivity contribution in [1.82, 2.24) is 9.80 Å². The molecule has 1 saturated heterocycles. The number of methoxy groups -OCH3 is 1. The average Bonchev–Trinajstić information content (AvgIpc) is 3.27. The van der Waals surface area contributed by atoms with Crippen molar-refractivity contribution in [3.63, 3.8) is 0 Å². The van der Waals surface area contributed by atoms with E-state index in [1.165, 1.54) is 4.90 Å². The molecule has 0 radical (unpaired) electrons. The fourth-order valence-corrected chi connectivity index (χ4v) is 6.15. The Labute approximate surface area is 252 Å². The minimum atomic E-state index is -1.67. The number of nitrogens with zero attached hydrogens (tertiary/aromatic N) is 2. The molecule has 232 valence electrons. The number of aryl methyl sites for hydroxylation is 2. The van der Waals surface area contributed by atoms with Crippen LogP contribution in [0.15, 0.2) is 30.3 Å². The zero-order valence-corrected chi connectivity index (χ0v) is 25.9. The van der Waals surface area contributed by atoms with E-state index < -0.39 is 17.4 Å². The van der Waals surface area contributed by atoms with Gasteiger partial charge in [-0.15, -0.1) is 0 Å². The summed E-state index contributed by atoms with van der Waals surface area (Å²) in [6.07, 6.45) is 2.35. The van der Waals surface area contributed by atoms with Crippen LogP contribution in [-0.4, -0.2) is 71.8 Å². The summed E-state index contributed by atoms with van der Waals surface area (Å²) in [6.45, 7) is 9.29. The first kappa shape index (κ1) is 30.6. The Hall–Kier alpha value is -3.82. The molecule has 0 bridgehead atoms. The first-order valence-electron chi connectivity index (χ1n) is 14.9. The van der Waals surface area contributed by atoms with E-state index in [1.54, 1.807) is 33.9 Å². The van der Waals surface area contributed by atoms with Crippen LogP contribution in [-0.2, 0) is 16.1 Å². The lowest BCUT2D eigenvalue weighted by molar-refractivity contribution is -0.121. The van der Waals surface area contributed by atoms with Crippen molar-refractivity contribution in [2.45, 2.75) is 84.2 Å². The molecule has 0 atom stereocenters. The van der Waals surface area contributed by atoms with Crippen LogP contribution in [0.25, 0.3) is 0 Å². The molecular formula is C33H42FN3O6. The number of hydrogen-bond donors (Lipinski definition) is 1. The standard InChI is InChI=1S/C33H42FN3O6/c1-20-7-10-23(14-28(20)41-6)35-29(38)22-8-11-24(12-9-22)37-16-27-21(2)13-25(15-26(27)30(37)39)42-19-33(34)17-36(18-33)31(40)43-32(3,4)5/h7,10,13-15,22,24H,8-9,11-12,16-19H2,1-6H3,(H,35,38). The first-order chi connectivity index (χ1) is 20.2. The van der Waals surface area contributed by atoms with Gasteiger partial charge in [0.2, 0.25) is 5.91 Å². The molecule has 9 nitrogen and oxygen atoms in total. The third kappa shape index (κ3) is 6.73. The van der Waals surface area contributed by atoms with Gasteiger partial charge in [0.1, 0.15) is 23.7 Å². The first-order valence-corrected chi connectivity index (χ1v) is 14.9. The lowest BCUT2D eigenvalue weighted by Crippen LogP contribution is -2.64. The largest absolute Gasteiger partial charge is 0.496 e. The maximum atomic E-state index is 15.2. The van der Waals surface area contributed by atoms with Gasteiger partial charge in [0.15, 0.2) is 5.67 Å². The fraction of sp³-hybridized carbons (Fsp3) is 0.545. The minimum Gasteiger partial charge on any atom is -0.496 e. The van der Waals surface area contributed by atoms with Crippen LogP contribution in [0.5, 0.6) is 11.5 Å². The summed E-state index contributed by atoms with van der Waals surface area (Å²) >= 11 is 0. The summed E-state index contributed by atoms with van der Waals surface area (Å²) in [5.41, 5.74) is 1.86. The van der Waals surface area contributed by atoms with E-state index >= 15 is 4.39 Å². The average molecular weight is 596 g/mol. The van der Waals surface area contributed by atoms with Crippen molar-refractivity contribution in [3.05, 3.63) is 52.6 Å². The zero-order valence-electron chi connectivity index (χ0n) is 25.9. The van der Waals surface area contributed by atoms with Gasteiger partial charge in [-0.3, -0.25) is 9.59 Å². The molecule has 2 fully saturated rings. The summed E-state index contributed by atoms with van der Waals surface area (Å²) in [5, 5.41) is 3.02.